The number of likely N-dealkylation sites (tertiary alicyclic amines) is 1. The van der Waals surface area contributed by atoms with E-state index in [1.165, 1.54) is 10.6 Å². The molecule has 2 amide bonds. The molecule has 0 radical (unpaired) electrons. The molecule has 344 valence electrons. The van der Waals surface area contributed by atoms with E-state index < -0.39 is 5.69 Å². The largest absolute Gasteiger partial charge is 0.508 e. The van der Waals surface area contributed by atoms with E-state index in [0.29, 0.717) is 93.9 Å². The van der Waals surface area contributed by atoms with Gasteiger partial charge in [0.15, 0.2) is 5.82 Å². The summed E-state index contributed by atoms with van der Waals surface area (Å²) in [4.78, 5) is 57.5. The Balaban J connectivity index is 0.824. The van der Waals surface area contributed by atoms with Crippen LogP contribution < -0.4 is 20.8 Å². The van der Waals surface area contributed by atoms with Crippen LogP contribution in [0.2, 0.25) is 0 Å². The van der Waals surface area contributed by atoms with Gasteiger partial charge in [0.25, 0.3) is 0 Å². The third-order valence-corrected chi connectivity index (χ3v) is 13.4. The molecule has 3 aliphatic rings. The van der Waals surface area contributed by atoms with E-state index in [1.807, 2.05) is 79.1 Å². The van der Waals surface area contributed by atoms with Crippen LogP contribution in [0.5, 0.6) is 17.2 Å². The van der Waals surface area contributed by atoms with Gasteiger partial charge in [0.2, 0.25) is 17.8 Å². The van der Waals surface area contributed by atoms with E-state index in [9.17, 15) is 29.7 Å². The average Bonchev–Trinajstić information content (AvgIpc) is 3.71. The first-order chi connectivity index (χ1) is 31.9. The van der Waals surface area contributed by atoms with Crippen LogP contribution in [0.3, 0.4) is 0 Å². The number of piperidine rings is 1. The molecule has 2 fully saturated rings. The summed E-state index contributed by atoms with van der Waals surface area (Å²) in [5.74, 6) is 2.28. The number of carbonyl (C=O) groups excluding carboxylic acids is 2. The molecule has 0 bridgehead atoms. The number of aromatic hydroxyl groups is 3. The second-order valence-electron chi connectivity index (χ2n) is 18.0. The number of aromatic amines is 1. The number of phenols is 3. The number of phenolic OH excluding ortho intramolecular Hbond substituents is 3. The van der Waals surface area contributed by atoms with Crippen molar-refractivity contribution in [3.63, 3.8) is 0 Å². The fraction of sp³-hybridized carbons (Fsp3) is 0.400. The maximum absolute atomic E-state index is 13.6. The van der Waals surface area contributed by atoms with Gasteiger partial charge in [0.05, 0.1) is 23.5 Å². The van der Waals surface area contributed by atoms with Crippen molar-refractivity contribution < 1.29 is 24.9 Å². The quantitative estimate of drug-likeness (QED) is 0.0920. The number of rotatable bonds is 12. The molecule has 5 heterocycles. The van der Waals surface area contributed by atoms with Crippen LogP contribution in [-0.2, 0) is 29.0 Å². The molecule has 0 atom stereocenters. The van der Waals surface area contributed by atoms with Gasteiger partial charge >= 0.3 is 5.69 Å². The summed E-state index contributed by atoms with van der Waals surface area (Å²) in [7, 11) is 0. The predicted octanol–water partition coefficient (Wildman–Crippen LogP) is 6.32. The van der Waals surface area contributed by atoms with E-state index in [4.69, 9.17) is 9.97 Å². The zero-order valence-electron chi connectivity index (χ0n) is 37.8. The van der Waals surface area contributed by atoms with Crippen LogP contribution >= 0.6 is 0 Å². The molecular weight excluding hydrogens is 837 g/mol. The van der Waals surface area contributed by atoms with E-state index >= 15 is 0 Å². The molecule has 3 aliphatic heterocycles. The number of nitrogens with one attached hydrogen (secondary N) is 2. The molecule has 2 aromatic heterocycles. The van der Waals surface area contributed by atoms with Crippen molar-refractivity contribution in [3.8, 4) is 34.3 Å². The number of fused-ring (bicyclic) bond motifs is 2. The SMILES string of the molecule is CCC(=O)N1CCN(c2nc(NCCC(=O)N3CCC(Cc4ccc(-n5c(-c6cc(C(C)C)c(O)cc6O)n[nH]c5=O)cc4)CC3)nc3c2CCN(c2cc(O)cc4ccccc24)C3)CC1. The summed E-state index contributed by atoms with van der Waals surface area (Å²) < 4.78 is 1.42. The van der Waals surface area contributed by atoms with Gasteiger partial charge in [-0.3, -0.25) is 9.59 Å². The van der Waals surface area contributed by atoms with Crippen LogP contribution in [-0.4, -0.2) is 114 Å². The number of hydrogen-bond donors (Lipinski definition) is 5. The Morgan fingerprint density at radius 3 is 2.32 bits per heavy atom. The lowest BCUT2D eigenvalue weighted by molar-refractivity contribution is -0.132. The number of carbonyl (C=O) groups is 2. The van der Waals surface area contributed by atoms with Crippen molar-refractivity contribution in [1.82, 2.24) is 34.5 Å². The summed E-state index contributed by atoms with van der Waals surface area (Å²) in [6, 6.07) is 22.4. The summed E-state index contributed by atoms with van der Waals surface area (Å²) in [6.07, 6.45) is 4.11. The van der Waals surface area contributed by atoms with Gasteiger partial charge < -0.3 is 40.2 Å². The molecule has 0 unspecified atom stereocenters. The van der Waals surface area contributed by atoms with Gasteiger partial charge in [-0.05, 0) is 78.3 Å². The highest BCUT2D eigenvalue weighted by atomic mass is 16.3. The van der Waals surface area contributed by atoms with Crippen molar-refractivity contribution in [3.05, 3.63) is 106 Å². The van der Waals surface area contributed by atoms with Crippen molar-refractivity contribution in [1.29, 1.82) is 0 Å². The Labute approximate surface area is 383 Å². The molecule has 66 heavy (non-hydrogen) atoms. The molecule has 0 aliphatic carbocycles. The second kappa shape index (κ2) is 18.8. The third kappa shape index (κ3) is 9.08. The number of hydrogen-bond acceptors (Lipinski definition) is 12. The smallest absolute Gasteiger partial charge is 0.348 e. The minimum atomic E-state index is -0.439. The molecular formula is C50H58N10O6. The number of nitrogens with zero attached hydrogens (tertiary/aromatic N) is 8. The van der Waals surface area contributed by atoms with Crippen molar-refractivity contribution >= 4 is 40.0 Å². The molecule has 16 nitrogen and oxygen atoms in total. The third-order valence-electron chi connectivity index (χ3n) is 13.4. The minimum Gasteiger partial charge on any atom is -0.508 e. The maximum atomic E-state index is 13.6. The summed E-state index contributed by atoms with van der Waals surface area (Å²) in [5.41, 5.74) is 5.23. The lowest BCUT2D eigenvalue weighted by Crippen LogP contribution is -2.49. The second-order valence-corrected chi connectivity index (χ2v) is 18.0. The Hall–Kier alpha value is -7.10. The van der Waals surface area contributed by atoms with Crippen molar-refractivity contribution in [2.24, 2.45) is 5.92 Å². The van der Waals surface area contributed by atoms with E-state index in [2.05, 4.69) is 31.4 Å². The van der Waals surface area contributed by atoms with Crippen LogP contribution in [0.4, 0.5) is 17.5 Å². The molecule has 2 saturated heterocycles. The Morgan fingerprint density at radius 1 is 0.833 bits per heavy atom. The minimum absolute atomic E-state index is 0.00717. The van der Waals surface area contributed by atoms with Gasteiger partial charge in [0, 0.05) is 94.0 Å². The number of benzene rings is 4. The molecule has 5 N–H and O–H groups in total. The Morgan fingerprint density at radius 2 is 1.58 bits per heavy atom. The summed E-state index contributed by atoms with van der Waals surface area (Å²) in [5, 5.41) is 43.8. The Bertz CT molecular complexity index is 2810. The highest BCUT2D eigenvalue weighted by molar-refractivity contribution is 5.95. The average molecular weight is 895 g/mol. The van der Waals surface area contributed by atoms with E-state index in [-0.39, 0.29) is 40.8 Å². The van der Waals surface area contributed by atoms with Crippen LogP contribution in [0, 0.1) is 5.92 Å². The molecule has 4 aromatic carbocycles. The first kappa shape index (κ1) is 44.1. The van der Waals surface area contributed by atoms with E-state index in [0.717, 1.165) is 71.3 Å². The first-order valence-electron chi connectivity index (χ1n) is 23.2. The standard InChI is InChI=1S/C50H58N10O6/c1-4-45(64)57-21-23-58(24-22-57)47-38-16-20-59(42-27-36(61)26-34-7-5-6-8-37(34)42)30-41(38)52-49(53-47)51-17-13-46(65)56-18-14-33(15-19-56)25-32-9-11-35(12-10-32)60-48(54-55-50(60)66)40-28-39(31(2)3)43(62)29-44(40)63/h5-12,26-29,31,33,61-63H,4,13-25,30H2,1-3H3,(H,55,66)(H,51,52,53). The fourth-order valence-electron chi connectivity index (χ4n) is 9.78. The van der Waals surface area contributed by atoms with Gasteiger partial charge in [-0.25, -0.2) is 19.4 Å². The molecule has 16 heteroatoms. The normalized spacial score (nSPS) is 15.7. The maximum Gasteiger partial charge on any atom is 0.348 e. The molecule has 6 aromatic rings. The number of aromatic nitrogens is 5. The predicted molar refractivity (Wildman–Crippen MR) is 255 cm³/mol. The molecule has 0 spiro atoms. The molecule has 0 saturated carbocycles. The summed E-state index contributed by atoms with van der Waals surface area (Å²) in [6.45, 7) is 11.4. The lowest BCUT2D eigenvalue weighted by Gasteiger charge is -2.38. The first-order valence-corrected chi connectivity index (χ1v) is 23.2. The van der Waals surface area contributed by atoms with Gasteiger partial charge in [-0.15, -0.1) is 0 Å². The number of H-pyrrole nitrogens is 1. The monoisotopic (exact) mass is 894 g/mol. The number of anilines is 3. The lowest BCUT2D eigenvalue weighted by atomic mass is 9.90. The van der Waals surface area contributed by atoms with E-state index in [1.54, 1.807) is 12.1 Å². The number of amides is 2. The van der Waals surface area contributed by atoms with Crippen LogP contribution in [0.15, 0.2) is 77.6 Å². The van der Waals surface area contributed by atoms with Gasteiger partial charge in [-0.2, -0.15) is 10.1 Å². The Kier molecular flexibility index (Phi) is 12.6. The summed E-state index contributed by atoms with van der Waals surface area (Å²) >= 11 is 0. The van der Waals surface area contributed by atoms with Crippen molar-refractivity contribution in [2.75, 3.05) is 67.5 Å². The highest BCUT2D eigenvalue weighted by Gasteiger charge is 2.30. The van der Waals surface area contributed by atoms with Gasteiger partial charge in [0.1, 0.15) is 23.1 Å². The van der Waals surface area contributed by atoms with Gasteiger partial charge in [-0.1, -0.05) is 57.2 Å². The van der Waals surface area contributed by atoms with Crippen LogP contribution in [0.25, 0.3) is 27.8 Å². The number of piperazine rings is 1. The topological polar surface area (TPSA) is 196 Å². The zero-order valence-corrected chi connectivity index (χ0v) is 37.8. The molecule has 9 rings (SSSR count). The van der Waals surface area contributed by atoms with Crippen molar-refractivity contribution in [2.45, 2.75) is 71.8 Å². The highest BCUT2D eigenvalue weighted by Crippen LogP contribution is 2.39. The zero-order chi connectivity index (χ0) is 46.1. The fourth-order valence-corrected chi connectivity index (χ4v) is 9.78. The van der Waals surface area contributed by atoms with Crippen LogP contribution in [0.1, 0.15) is 74.8 Å².